The maximum absolute atomic E-state index is 13.8. The summed E-state index contributed by atoms with van der Waals surface area (Å²) in [4.78, 5) is 50.7. The molecule has 434 valence electrons. The summed E-state index contributed by atoms with van der Waals surface area (Å²) < 4.78 is 29.5. The average molecular weight is 1190 g/mol. The molecule has 2 saturated heterocycles. The number of fused-ring (bicyclic) bond motifs is 1. The highest BCUT2D eigenvalue weighted by atomic mass is 31.0. The predicted octanol–water partition coefficient (Wildman–Crippen LogP) is 15.4. The molecule has 10 rings (SSSR count). The van der Waals surface area contributed by atoms with Gasteiger partial charge in [-0.25, -0.2) is 24.2 Å². The number of ether oxygens (including phenoxy) is 5. The molecule has 0 amide bonds. The van der Waals surface area contributed by atoms with E-state index in [0.29, 0.717) is 42.8 Å². The van der Waals surface area contributed by atoms with Crippen LogP contribution >= 0.6 is 37.0 Å². The molecule has 0 radical (unpaired) electrons. The SMILES string of the molecule is O=C(/C=C\c1ccc(CP)cc1)O[C@@H]1OC[C@H]2[C@@H]1OC[C@@H]2OOC/C=C/c1ccc(CP)cc1.O=C(O[C@H](c1ccccc1)[C@H](OC(=O)c1ccc(C2CCC(CP)CC2)cc1)c1ccccc1)c1ccc(C2CCC(CP)CC2)cc1.[2HH].[2HH]. The first kappa shape index (κ1) is 61.3. The Kier molecular flexibility index (Phi) is 23.6. The molecule has 2 heterocycles. The van der Waals surface area contributed by atoms with E-state index in [1.165, 1.54) is 92.0 Å². The molecule has 6 aromatic rings. The maximum atomic E-state index is 13.8. The van der Waals surface area contributed by atoms with Crippen molar-refractivity contribution in [3.8, 4) is 0 Å². The summed E-state index contributed by atoms with van der Waals surface area (Å²) in [7, 11) is 11.2. The molecule has 2 aliphatic carbocycles. The molecule has 10 atom stereocenters. The lowest BCUT2D eigenvalue weighted by Crippen LogP contribution is -2.31. The van der Waals surface area contributed by atoms with E-state index in [2.05, 4.69) is 85.5 Å². The fourth-order valence-electron chi connectivity index (χ4n) is 11.4. The lowest BCUT2D eigenvalue weighted by atomic mass is 9.79. The summed E-state index contributed by atoms with van der Waals surface area (Å²) in [6.07, 6.45) is 17.9. The number of esters is 3. The van der Waals surface area contributed by atoms with Crippen LogP contribution in [0.25, 0.3) is 12.2 Å². The number of hydrogen-bond donors (Lipinski definition) is 0. The molecule has 0 N–H and O–H groups in total. The lowest BCUT2D eigenvalue weighted by molar-refractivity contribution is -0.322. The van der Waals surface area contributed by atoms with E-state index in [4.69, 9.17) is 33.5 Å². The van der Waals surface area contributed by atoms with E-state index >= 15 is 0 Å². The van der Waals surface area contributed by atoms with Crippen molar-refractivity contribution in [2.24, 2.45) is 17.8 Å². The molecule has 2 saturated carbocycles. The van der Waals surface area contributed by atoms with Gasteiger partial charge >= 0.3 is 17.9 Å². The van der Waals surface area contributed by atoms with Crippen LogP contribution in [0.2, 0.25) is 0 Å². The van der Waals surface area contributed by atoms with E-state index in [-0.39, 0.29) is 21.0 Å². The summed E-state index contributed by atoms with van der Waals surface area (Å²) in [5, 5.41) is 0. The molecule has 6 aromatic carbocycles. The first-order valence-corrected chi connectivity index (χ1v) is 32.2. The Labute approximate surface area is 496 Å². The first-order chi connectivity index (χ1) is 40.2. The summed E-state index contributed by atoms with van der Waals surface area (Å²) in [5.41, 5.74) is 9.57. The van der Waals surface area contributed by atoms with Gasteiger partial charge in [-0.15, -0.1) is 37.0 Å². The van der Waals surface area contributed by atoms with E-state index < -0.39 is 36.4 Å². The molecular formula is C68H82O10P4. The summed E-state index contributed by atoms with van der Waals surface area (Å²) >= 11 is 0. The third-order valence-corrected chi connectivity index (χ3v) is 18.7. The Bertz CT molecular complexity index is 2870. The van der Waals surface area contributed by atoms with Gasteiger partial charge in [0.15, 0.2) is 12.2 Å². The number of carbonyl (C=O) groups excluding carboxylic acids is 3. The normalized spacial score (nSPS) is 23.1. The van der Waals surface area contributed by atoms with Crippen LogP contribution in [0.1, 0.15) is 143 Å². The van der Waals surface area contributed by atoms with Crippen LogP contribution in [0, 0.1) is 17.8 Å². The Hall–Kier alpha value is -5.23. The van der Waals surface area contributed by atoms with Gasteiger partial charge in [0, 0.05) is 14.8 Å². The highest BCUT2D eigenvalue weighted by Crippen LogP contribution is 2.41. The van der Waals surface area contributed by atoms with Crippen molar-refractivity contribution in [3.05, 3.63) is 226 Å². The van der Waals surface area contributed by atoms with Gasteiger partial charge in [-0.05, 0) is 175 Å². The maximum Gasteiger partial charge on any atom is 0.338 e. The second kappa shape index (κ2) is 31.6. The molecule has 4 aliphatic rings. The molecular weight excluding hydrogens is 1100 g/mol. The minimum absolute atomic E-state index is 0. The van der Waals surface area contributed by atoms with Crippen molar-refractivity contribution in [2.75, 3.05) is 32.1 Å². The van der Waals surface area contributed by atoms with Gasteiger partial charge in [0.1, 0.15) is 18.8 Å². The van der Waals surface area contributed by atoms with Crippen molar-refractivity contribution in [1.82, 2.24) is 0 Å². The molecule has 4 fully saturated rings. The highest BCUT2D eigenvalue weighted by Gasteiger charge is 2.50. The third kappa shape index (κ3) is 17.2. The minimum Gasteiger partial charge on any atom is -0.450 e. The number of benzene rings is 6. The first-order valence-electron chi connectivity index (χ1n) is 28.9. The molecule has 82 heavy (non-hydrogen) atoms. The van der Waals surface area contributed by atoms with Gasteiger partial charge < -0.3 is 23.7 Å². The van der Waals surface area contributed by atoms with Crippen LogP contribution in [0.3, 0.4) is 0 Å². The van der Waals surface area contributed by atoms with Gasteiger partial charge in [0.2, 0.25) is 6.29 Å². The second-order valence-corrected chi connectivity index (χ2v) is 23.5. The zero-order valence-corrected chi connectivity index (χ0v) is 51.2. The summed E-state index contributed by atoms with van der Waals surface area (Å²) in [6.45, 7) is 1.07. The van der Waals surface area contributed by atoms with Gasteiger partial charge in [0.05, 0.1) is 24.3 Å². The van der Waals surface area contributed by atoms with Crippen LogP contribution < -0.4 is 0 Å². The molecule has 0 aromatic heterocycles. The third-order valence-electron chi connectivity index (χ3n) is 16.4. The summed E-state index contributed by atoms with van der Waals surface area (Å²) in [6, 6.07) is 51.3. The Morgan fingerprint density at radius 2 is 1.00 bits per heavy atom. The Morgan fingerprint density at radius 1 is 0.537 bits per heavy atom. The highest BCUT2D eigenvalue weighted by molar-refractivity contribution is 7.16. The standard InChI is InChI=1S/C42H48O4P2.C26H30O6P2.2H2/c43-41(37-23-19-33(20-24-37)31-15-11-29(27-47)12-16-31)45-39(35-7-3-1-4-8-35)40(36-9-5-2-6-10-36)46-42(44)38-25-21-34(22-26-38)32-17-13-30(28-48)14-18-32;27-24(12-11-19-5-9-21(17-34)10-6-19)31-26-25-22(14-29-26)23(15-28-25)32-30-13-1-2-18-3-7-20(16-33)8-4-18;;/h1-10,19-26,29-32,39-40H,11-18,27-28,47-48H2;1-12,22-23,25-26H,13-17,33-34H2;2*1H/b;2-1+,12-11-;;/t29?,30?,31?,32?,39-,40-;22-,23+,25+,26+;;/m11../s1/i;;2*1+1. The molecule has 2 aliphatic heterocycles. The van der Waals surface area contributed by atoms with E-state index in [1.54, 1.807) is 6.08 Å². The topological polar surface area (TPSA) is 116 Å². The van der Waals surface area contributed by atoms with Crippen molar-refractivity contribution in [3.63, 3.8) is 0 Å². The molecule has 4 unspecified atom stereocenters. The molecule has 0 bridgehead atoms. The quantitative estimate of drug-likeness (QED) is 0.0131. The largest absolute Gasteiger partial charge is 0.450 e. The summed E-state index contributed by atoms with van der Waals surface area (Å²) in [5.74, 6) is 1.26. The van der Waals surface area contributed by atoms with Crippen LogP contribution in [0.15, 0.2) is 170 Å². The Morgan fingerprint density at radius 3 is 1.45 bits per heavy atom. The molecule has 10 nitrogen and oxygen atoms in total. The Balaban J connectivity index is 0.000000249. The number of rotatable bonds is 21. The minimum atomic E-state index is -0.849. The smallest absolute Gasteiger partial charge is 0.338 e. The lowest BCUT2D eigenvalue weighted by Gasteiger charge is -2.29. The number of carbonyl (C=O) groups is 3. The van der Waals surface area contributed by atoms with Crippen LogP contribution in [-0.4, -0.2) is 68.6 Å². The molecule has 14 heteroatoms. The second-order valence-electron chi connectivity index (χ2n) is 21.8. The predicted molar refractivity (Wildman–Crippen MR) is 343 cm³/mol. The fraction of sp³-hybridized carbons (Fsp3) is 0.368. The van der Waals surface area contributed by atoms with E-state index in [1.807, 2.05) is 121 Å². The zero-order chi connectivity index (χ0) is 57.0. The molecule has 0 spiro atoms. The van der Waals surface area contributed by atoms with Crippen LogP contribution in [-0.2, 0) is 50.6 Å². The monoisotopic (exact) mass is 1180 g/mol. The average Bonchev–Trinajstić information content (AvgIpc) is 4.33. The van der Waals surface area contributed by atoms with Gasteiger partial charge in [-0.2, -0.15) is 0 Å². The van der Waals surface area contributed by atoms with Crippen LogP contribution in [0.5, 0.6) is 0 Å². The number of hydrogen-bond acceptors (Lipinski definition) is 10. The van der Waals surface area contributed by atoms with Crippen molar-refractivity contribution >= 4 is 67.0 Å². The van der Waals surface area contributed by atoms with Crippen molar-refractivity contribution < 1.29 is 50.7 Å². The van der Waals surface area contributed by atoms with E-state index in [0.717, 1.165) is 46.4 Å². The van der Waals surface area contributed by atoms with Crippen LogP contribution in [0.4, 0.5) is 0 Å². The van der Waals surface area contributed by atoms with Crippen molar-refractivity contribution in [2.45, 2.75) is 106 Å². The van der Waals surface area contributed by atoms with Gasteiger partial charge in [-0.1, -0.05) is 146 Å². The zero-order valence-electron chi connectivity index (χ0n) is 46.6. The van der Waals surface area contributed by atoms with Gasteiger partial charge in [-0.3, -0.25) is 0 Å². The van der Waals surface area contributed by atoms with Crippen molar-refractivity contribution in [1.29, 1.82) is 0 Å². The fourth-order valence-corrected chi connectivity index (χ4v) is 12.8. The van der Waals surface area contributed by atoms with E-state index in [9.17, 15) is 14.4 Å². The van der Waals surface area contributed by atoms with Gasteiger partial charge in [0.25, 0.3) is 0 Å².